The Morgan fingerprint density at radius 1 is 0.967 bits per heavy atom. The SMILES string of the molecule is Cc1nc(-c2ccccc2C(F)(F)F)nc(Nc2n[nH]c3c(F)cc(F)cc23)c1C. The topological polar surface area (TPSA) is 66.5 Å². The number of hydrogen-bond acceptors (Lipinski definition) is 4. The molecule has 0 aliphatic rings. The van der Waals surface area contributed by atoms with E-state index < -0.39 is 23.4 Å². The molecule has 0 fully saturated rings. The molecule has 2 aromatic carbocycles. The molecule has 30 heavy (non-hydrogen) atoms. The Morgan fingerprint density at radius 2 is 1.70 bits per heavy atom. The fraction of sp³-hybridized carbons (Fsp3) is 0.150. The van der Waals surface area contributed by atoms with Crippen molar-refractivity contribution in [2.24, 2.45) is 0 Å². The lowest BCUT2D eigenvalue weighted by Crippen LogP contribution is -2.09. The molecule has 4 aromatic rings. The van der Waals surface area contributed by atoms with E-state index in [-0.39, 0.29) is 33.9 Å². The van der Waals surface area contributed by atoms with Crippen LogP contribution >= 0.6 is 0 Å². The number of aryl methyl sites for hydroxylation is 1. The van der Waals surface area contributed by atoms with Crippen LogP contribution < -0.4 is 5.32 Å². The molecule has 0 radical (unpaired) electrons. The molecule has 2 N–H and O–H groups in total. The Bertz CT molecular complexity index is 1260. The molecule has 154 valence electrons. The number of hydrogen-bond donors (Lipinski definition) is 2. The first-order valence-corrected chi connectivity index (χ1v) is 8.77. The molecular formula is C20H14F5N5. The number of nitrogens with zero attached hydrogens (tertiary/aromatic N) is 3. The molecule has 0 saturated heterocycles. The molecule has 0 aliphatic heterocycles. The van der Waals surface area contributed by atoms with Crippen LogP contribution in [0.4, 0.5) is 33.6 Å². The molecule has 0 aliphatic carbocycles. The third kappa shape index (κ3) is 3.44. The highest BCUT2D eigenvalue weighted by Gasteiger charge is 2.34. The standard InChI is InChI=1S/C20H14F5N5/c1-9-10(2)26-18(12-5-3-4-6-14(12)20(23,24)25)27-17(9)28-19-13-7-11(21)8-15(22)16(13)29-30-19/h3-8H,1-2H3,(H2,26,27,28,29,30). The van der Waals surface area contributed by atoms with Gasteiger partial charge in [0.15, 0.2) is 17.5 Å². The predicted octanol–water partition coefficient (Wildman–Crippen LogP) is 5.68. The Hall–Kier alpha value is -3.56. The van der Waals surface area contributed by atoms with Crippen molar-refractivity contribution in [1.29, 1.82) is 0 Å². The Kier molecular flexibility index (Phi) is 4.64. The summed E-state index contributed by atoms with van der Waals surface area (Å²) < 4.78 is 67.8. The van der Waals surface area contributed by atoms with Crippen LogP contribution in [-0.4, -0.2) is 20.2 Å². The molecule has 4 rings (SSSR count). The second-order valence-corrected chi connectivity index (χ2v) is 6.66. The van der Waals surface area contributed by atoms with Gasteiger partial charge in [0.25, 0.3) is 0 Å². The maximum atomic E-state index is 13.9. The molecule has 0 atom stereocenters. The van der Waals surface area contributed by atoms with Gasteiger partial charge in [0.05, 0.1) is 10.9 Å². The van der Waals surface area contributed by atoms with Gasteiger partial charge in [-0.05, 0) is 26.0 Å². The molecule has 0 bridgehead atoms. The lowest BCUT2D eigenvalue weighted by Gasteiger charge is -2.15. The first kappa shape index (κ1) is 19.7. The summed E-state index contributed by atoms with van der Waals surface area (Å²) in [7, 11) is 0. The van der Waals surface area contributed by atoms with Gasteiger partial charge in [-0.15, -0.1) is 0 Å². The molecule has 10 heteroatoms. The summed E-state index contributed by atoms with van der Waals surface area (Å²) in [5.41, 5.74) is -0.0633. The van der Waals surface area contributed by atoms with E-state index in [0.717, 1.165) is 18.2 Å². The molecule has 0 unspecified atom stereocenters. The van der Waals surface area contributed by atoms with Crippen molar-refractivity contribution < 1.29 is 22.0 Å². The number of alkyl halides is 3. The summed E-state index contributed by atoms with van der Waals surface area (Å²) in [6, 6.07) is 6.79. The quantitative estimate of drug-likeness (QED) is 0.420. The van der Waals surface area contributed by atoms with E-state index in [1.807, 2.05) is 0 Å². The van der Waals surface area contributed by atoms with Crippen molar-refractivity contribution in [2.45, 2.75) is 20.0 Å². The van der Waals surface area contributed by atoms with Crippen LogP contribution in [0.25, 0.3) is 22.3 Å². The molecule has 0 amide bonds. The first-order valence-electron chi connectivity index (χ1n) is 8.77. The monoisotopic (exact) mass is 419 g/mol. The van der Waals surface area contributed by atoms with Crippen molar-refractivity contribution >= 4 is 22.5 Å². The molecule has 0 spiro atoms. The summed E-state index contributed by atoms with van der Waals surface area (Å²) in [6.45, 7) is 3.30. The highest BCUT2D eigenvalue weighted by molar-refractivity contribution is 5.91. The van der Waals surface area contributed by atoms with Crippen LogP contribution in [0, 0.1) is 25.5 Å². The van der Waals surface area contributed by atoms with Crippen LogP contribution in [0.5, 0.6) is 0 Å². The summed E-state index contributed by atoms with van der Waals surface area (Å²) in [5, 5.41) is 9.40. The predicted molar refractivity (Wildman–Crippen MR) is 101 cm³/mol. The number of aromatic nitrogens is 4. The zero-order chi connectivity index (χ0) is 21.6. The molecule has 2 heterocycles. The number of halogens is 5. The third-order valence-electron chi connectivity index (χ3n) is 4.69. The van der Waals surface area contributed by atoms with Crippen molar-refractivity contribution in [3.05, 3.63) is 64.9 Å². The lowest BCUT2D eigenvalue weighted by atomic mass is 10.1. The molecule has 2 aromatic heterocycles. The lowest BCUT2D eigenvalue weighted by molar-refractivity contribution is -0.137. The van der Waals surface area contributed by atoms with Gasteiger partial charge in [0, 0.05) is 22.9 Å². The summed E-state index contributed by atoms with van der Waals surface area (Å²) >= 11 is 0. The van der Waals surface area contributed by atoms with E-state index in [4.69, 9.17) is 0 Å². The van der Waals surface area contributed by atoms with E-state index >= 15 is 0 Å². The fourth-order valence-electron chi connectivity index (χ4n) is 3.05. The second kappa shape index (κ2) is 7.05. The molecule has 0 saturated carbocycles. The number of fused-ring (bicyclic) bond motifs is 1. The van der Waals surface area contributed by atoms with Gasteiger partial charge in [-0.1, -0.05) is 18.2 Å². The van der Waals surface area contributed by atoms with Gasteiger partial charge in [-0.2, -0.15) is 18.3 Å². The van der Waals surface area contributed by atoms with Gasteiger partial charge in [-0.25, -0.2) is 18.7 Å². The number of rotatable bonds is 3. The maximum absolute atomic E-state index is 13.9. The minimum absolute atomic E-state index is 0.00929. The van der Waals surface area contributed by atoms with E-state index in [2.05, 4.69) is 25.5 Å². The fourth-order valence-corrected chi connectivity index (χ4v) is 3.05. The summed E-state index contributed by atoms with van der Waals surface area (Å²) in [6.07, 6.45) is -4.58. The summed E-state index contributed by atoms with van der Waals surface area (Å²) in [4.78, 5) is 8.44. The second-order valence-electron chi connectivity index (χ2n) is 6.66. The van der Waals surface area contributed by atoms with E-state index in [1.54, 1.807) is 13.8 Å². The van der Waals surface area contributed by atoms with E-state index in [9.17, 15) is 22.0 Å². The zero-order valence-electron chi connectivity index (χ0n) is 15.7. The third-order valence-corrected chi connectivity index (χ3v) is 4.69. The number of H-pyrrole nitrogens is 1. The van der Waals surface area contributed by atoms with Crippen molar-refractivity contribution in [3.63, 3.8) is 0 Å². The van der Waals surface area contributed by atoms with Gasteiger partial charge < -0.3 is 5.32 Å². The van der Waals surface area contributed by atoms with Crippen LogP contribution in [0.2, 0.25) is 0 Å². The minimum Gasteiger partial charge on any atom is -0.323 e. The van der Waals surface area contributed by atoms with E-state index in [1.165, 1.54) is 18.2 Å². The average molecular weight is 419 g/mol. The van der Waals surface area contributed by atoms with Gasteiger partial charge in [0.2, 0.25) is 0 Å². The highest BCUT2D eigenvalue weighted by atomic mass is 19.4. The Labute approximate surface area is 167 Å². The maximum Gasteiger partial charge on any atom is 0.417 e. The zero-order valence-corrected chi connectivity index (χ0v) is 15.7. The largest absolute Gasteiger partial charge is 0.417 e. The molecule has 5 nitrogen and oxygen atoms in total. The first-order chi connectivity index (χ1) is 14.1. The Balaban J connectivity index is 1.84. The number of benzene rings is 2. The average Bonchev–Trinajstić information content (AvgIpc) is 3.07. The van der Waals surface area contributed by atoms with Gasteiger partial charge in [0.1, 0.15) is 17.2 Å². The summed E-state index contributed by atoms with van der Waals surface area (Å²) in [5.74, 6) is -1.49. The number of aromatic amines is 1. The van der Waals surface area contributed by atoms with E-state index in [0.29, 0.717) is 11.3 Å². The van der Waals surface area contributed by atoms with Gasteiger partial charge in [-0.3, -0.25) is 5.10 Å². The number of nitrogens with one attached hydrogen (secondary N) is 2. The van der Waals surface area contributed by atoms with Crippen LogP contribution in [-0.2, 0) is 6.18 Å². The van der Waals surface area contributed by atoms with Crippen molar-refractivity contribution in [1.82, 2.24) is 20.2 Å². The number of anilines is 2. The van der Waals surface area contributed by atoms with Crippen molar-refractivity contribution in [3.8, 4) is 11.4 Å². The minimum atomic E-state index is -4.58. The molecular weight excluding hydrogens is 405 g/mol. The van der Waals surface area contributed by atoms with Crippen molar-refractivity contribution in [2.75, 3.05) is 5.32 Å². The van der Waals surface area contributed by atoms with Gasteiger partial charge >= 0.3 is 6.18 Å². The smallest absolute Gasteiger partial charge is 0.323 e. The highest BCUT2D eigenvalue weighted by Crippen LogP contribution is 2.37. The Morgan fingerprint density at radius 3 is 2.43 bits per heavy atom. The van der Waals surface area contributed by atoms with Crippen LogP contribution in [0.1, 0.15) is 16.8 Å². The normalized spacial score (nSPS) is 11.8. The van der Waals surface area contributed by atoms with Crippen LogP contribution in [0.15, 0.2) is 36.4 Å². The van der Waals surface area contributed by atoms with Crippen LogP contribution in [0.3, 0.4) is 0 Å².